The van der Waals surface area contributed by atoms with E-state index in [1.54, 1.807) is 11.3 Å². The highest BCUT2D eigenvalue weighted by Gasteiger charge is 2.11. The van der Waals surface area contributed by atoms with Crippen LogP contribution < -0.4 is 5.32 Å². The van der Waals surface area contributed by atoms with Gasteiger partial charge in [0, 0.05) is 17.1 Å². The number of aryl methyl sites for hydroxylation is 1. The molecule has 1 aromatic heterocycles. The molecule has 0 spiro atoms. The molecule has 0 atom stereocenters. The Balaban J connectivity index is 1.54. The zero-order chi connectivity index (χ0) is 13.8. The summed E-state index contributed by atoms with van der Waals surface area (Å²) in [6, 6.07) is 8.84. The van der Waals surface area contributed by atoms with Gasteiger partial charge in [-0.15, -0.1) is 11.3 Å². The second kappa shape index (κ2) is 6.37. The van der Waals surface area contributed by atoms with Crippen LogP contribution in [0.4, 0.5) is 5.69 Å². The Labute approximate surface area is 124 Å². The number of anilines is 1. The molecular weight excluding hydrogens is 266 g/mol. The first kappa shape index (κ1) is 13.6. The van der Waals surface area contributed by atoms with Crippen molar-refractivity contribution in [2.45, 2.75) is 32.9 Å². The molecule has 0 bridgehead atoms. The van der Waals surface area contributed by atoms with Crippen LogP contribution in [-0.4, -0.2) is 23.0 Å². The lowest BCUT2D eigenvalue weighted by atomic mass is 10.2. The third kappa shape index (κ3) is 3.38. The zero-order valence-corrected chi connectivity index (χ0v) is 12.7. The molecule has 0 unspecified atom stereocenters. The quantitative estimate of drug-likeness (QED) is 0.909. The maximum atomic E-state index is 4.27. The summed E-state index contributed by atoms with van der Waals surface area (Å²) in [6.07, 6.45) is 2.71. The van der Waals surface area contributed by atoms with E-state index in [2.05, 4.69) is 46.4 Å². The Morgan fingerprint density at radius 2 is 1.95 bits per heavy atom. The number of likely N-dealkylation sites (tertiary alicyclic amines) is 1. The van der Waals surface area contributed by atoms with Gasteiger partial charge < -0.3 is 5.32 Å². The van der Waals surface area contributed by atoms with Gasteiger partial charge >= 0.3 is 0 Å². The van der Waals surface area contributed by atoms with Crippen LogP contribution in [0, 0.1) is 6.92 Å². The van der Waals surface area contributed by atoms with Crippen molar-refractivity contribution in [3.05, 3.63) is 45.9 Å². The van der Waals surface area contributed by atoms with Crippen molar-refractivity contribution >= 4 is 17.0 Å². The van der Waals surface area contributed by atoms with Gasteiger partial charge in [-0.3, -0.25) is 4.90 Å². The van der Waals surface area contributed by atoms with E-state index in [0.29, 0.717) is 0 Å². The van der Waals surface area contributed by atoms with E-state index in [4.69, 9.17) is 0 Å². The predicted octanol–water partition coefficient (Wildman–Crippen LogP) is 3.66. The molecule has 1 N–H and O–H groups in total. The fourth-order valence-corrected chi connectivity index (χ4v) is 3.32. The molecule has 4 heteroatoms. The SMILES string of the molecule is Cc1ncsc1CNc1ccc(CN2CCCC2)cc1. The highest BCUT2D eigenvalue weighted by atomic mass is 32.1. The van der Waals surface area contributed by atoms with Crippen molar-refractivity contribution < 1.29 is 0 Å². The average Bonchev–Trinajstić information content (AvgIpc) is 3.10. The summed E-state index contributed by atoms with van der Waals surface area (Å²) < 4.78 is 0. The summed E-state index contributed by atoms with van der Waals surface area (Å²) >= 11 is 1.71. The smallest absolute Gasteiger partial charge is 0.0798 e. The minimum absolute atomic E-state index is 0.863. The topological polar surface area (TPSA) is 28.2 Å². The lowest BCUT2D eigenvalue weighted by molar-refractivity contribution is 0.331. The molecule has 2 heterocycles. The van der Waals surface area contributed by atoms with Gasteiger partial charge in [0.15, 0.2) is 0 Å². The van der Waals surface area contributed by atoms with Crippen LogP contribution >= 0.6 is 11.3 Å². The van der Waals surface area contributed by atoms with Crippen molar-refractivity contribution in [3.8, 4) is 0 Å². The van der Waals surface area contributed by atoms with Gasteiger partial charge in [0.25, 0.3) is 0 Å². The summed E-state index contributed by atoms with van der Waals surface area (Å²) in [6.45, 7) is 6.53. The fourth-order valence-electron chi connectivity index (χ4n) is 2.61. The Hall–Kier alpha value is -1.39. The monoisotopic (exact) mass is 287 g/mol. The van der Waals surface area contributed by atoms with Gasteiger partial charge in [0.1, 0.15) is 0 Å². The molecule has 1 aliphatic rings. The van der Waals surface area contributed by atoms with Crippen LogP contribution in [0.1, 0.15) is 29.0 Å². The van der Waals surface area contributed by atoms with E-state index in [9.17, 15) is 0 Å². The molecule has 3 nitrogen and oxygen atoms in total. The number of benzene rings is 1. The highest BCUT2D eigenvalue weighted by Crippen LogP contribution is 2.17. The lowest BCUT2D eigenvalue weighted by Crippen LogP contribution is -2.18. The molecule has 106 valence electrons. The summed E-state index contributed by atoms with van der Waals surface area (Å²) in [4.78, 5) is 8.12. The number of nitrogens with zero attached hydrogens (tertiary/aromatic N) is 2. The van der Waals surface area contributed by atoms with E-state index in [0.717, 1.165) is 18.8 Å². The molecule has 20 heavy (non-hydrogen) atoms. The standard InChI is InChI=1S/C16H21N3S/c1-13-16(20-12-18-13)10-17-15-6-4-14(5-7-15)11-19-8-2-3-9-19/h4-7,12,17H,2-3,8-11H2,1H3. The Bertz CT molecular complexity index is 541. The summed E-state index contributed by atoms with van der Waals surface area (Å²) in [5.41, 5.74) is 5.63. The lowest BCUT2D eigenvalue weighted by Gasteiger charge is -2.15. The van der Waals surface area contributed by atoms with Crippen LogP contribution in [0.15, 0.2) is 29.8 Å². The first-order chi connectivity index (χ1) is 9.81. The fraction of sp³-hybridized carbons (Fsp3) is 0.438. The minimum Gasteiger partial charge on any atom is -0.380 e. The minimum atomic E-state index is 0.863. The number of aromatic nitrogens is 1. The molecule has 1 aromatic carbocycles. The Morgan fingerprint density at radius 3 is 2.60 bits per heavy atom. The number of rotatable bonds is 5. The van der Waals surface area contributed by atoms with E-state index in [1.807, 2.05) is 5.51 Å². The maximum Gasteiger partial charge on any atom is 0.0798 e. The molecule has 0 aliphatic carbocycles. The summed E-state index contributed by atoms with van der Waals surface area (Å²) in [7, 11) is 0. The number of hydrogen-bond donors (Lipinski definition) is 1. The molecule has 1 fully saturated rings. The maximum absolute atomic E-state index is 4.27. The molecule has 2 aromatic rings. The molecule has 1 aliphatic heterocycles. The summed E-state index contributed by atoms with van der Waals surface area (Å²) in [5.74, 6) is 0. The highest BCUT2D eigenvalue weighted by molar-refractivity contribution is 7.09. The molecule has 0 saturated carbocycles. The van der Waals surface area contributed by atoms with Crippen molar-refractivity contribution in [2.75, 3.05) is 18.4 Å². The van der Waals surface area contributed by atoms with Crippen molar-refractivity contribution in [1.29, 1.82) is 0 Å². The first-order valence-electron chi connectivity index (χ1n) is 7.25. The Morgan fingerprint density at radius 1 is 1.20 bits per heavy atom. The molecule has 0 radical (unpaired) electrons. The molecule has 3 rings (SSSR count). The van der Waals surface area contributed by atoms with Gasteiger partial charge in [-0.2, -0.15) is 0 Å². The summed E-state index contributed by atoms with van der Waals surface area (Å²) in [5, 5.41) is 3.47. The van der Waals surface area contributed by atoms with Gasteiger partial charge in [-0.25, -0.2) is 4.98 Å². The van der Waals surface area contributed by atoms with Crippen LogP contribution in [0.25, 0.3) is 0 Å². The number of thiazole rings is 1. The van der Waals surface area contributed by atoms with Crippen LogP contribution in [0.5, 0.6) is 0 Å². The first-order valence-corrected chi connectivity index (χ1v) is 8.13. The average molecular weight is 287 g/mol. The second-order valence-corrected chi connectivity index (χ2v) is 6.33. The van der Waals surface area contributed by atoms with E-state index in [1.165, 1.54) is 42.1 Å². The van der Waals surface area contributed by atoms with Crippen molar-refractivity contribution in [3.63, 3.8) is 0 Å². The molecular formula is C16H21N3S. The van der Waals surface area contributed by atoms with Gasteiger partial charge in [-0.05, 0) is 50.6 Å². The predicted molar refractivity (Wildman–Crippen MR) is 85.1 cm³/mol. The van der Waals surface area contributed by atoms with Gasteiger partial charge in [0.2, 0.25) is 0 Å². The van der Waals surface area contributed by atoms with E-state index < -0.39 is 0 Å². The van der Waals surface area contributed by atoms with Gasteiger partial charge in [0.05, 0.1) is 17.7 Å². The Kier molecular flexibility index (Phi) is 4.33. The van der Waals surface area contributed by atoms with Crippen molar-refractivity contribution in [2.24, 2.45) is 0 Å². The largest absolute Gasteiger partial charge is 0.380 e. The third-order valence-electron chi connectivity index (χ3n) is 3.86. The van der Waals surface area contributed by atoms with Crippen LogP contribution in [0.2, 0.25) is 0 Å². The van der Waals surface area contributed by atoms with E-state index >= 15 is 0 Å². The van der Waals surface area contributed by atoms with Crippen LogP contribution in [-0.2, 0) is 13.1 Å². The zero-order valence-electron chi connectivity index (χ0n) is 11.9. The normalized spacial score (nSPS) is 15.7. The van der Waals surface area contributed by atoms with E-state index in [-0.39, 0.29) is 0 Å². The van der Waals surface area contributed by atoms with Crippen molar-refractivity contribution in [1.82, 2.24) is 9.88 Å². The third-order valence-corrected chi connectivity index (χ3v) is 4.79. The molecule has 0 amide bonds. The molecule has 1 saturated heterocycles. The second-order valence-electron chi connectivity index (χ2n) is 5.39. The van der Waals surface area contributed by atoms with Gasteiger partial charge in [-0.1, -0.05) is 12.1 Å². The number of nitrogens with one attached hydrogen (secondary N) is 1. The van der Waals surface area contributed by atoms with Crippen LogP contribution in [0.3, 0.4) is 0 Å². The number of hydrogen-bond acceptors (Lipinski definition) is 4.